The highest BCUT2D eigenvalue weighted by Gasteiger charge is 2.14. The minimum Gasteiger partial charge on any atom is -0.471 e. The van der Waals surface area contributed by atoms with Crippen LogP contribution in [0.4, 0.5) is 0 Å². The summed E-state index contributed by atoms with van der Waals surface area (Å²) in [5, 5.41) is 0. The molecule has 0 aromatic carbocycles. The highest BCUT2D eigenvalue weighted by atomic mass is 16.7. The van der Waals surface area contributed by atoms with E-state index in [1.165, 1.54) is 0 Å². The van der Waals surface area contributed by atoms with Gasteiger partial charge in [0, 0.05) is 21.0 Å². The summed E-state index contributed by atoms with van der Waals surface area (Å²) in [5.74, 6) is -0.494. The van der Waals surface area contributed by atoms with Crippen LogP contribution >= 0.6 is 0 Å². The van der Waals surface area contributed by atoms with Crippen molar-refractivity contribution in [2.45, 2.75) is 26.6 Å². The SMILES string of the molecule is C/C=C/OC(C)(C)OC. The Morgan fingerprint density at radius 1 is 1.33 bits per heavy atom. The predicted molar refractivity (Wildman–Crippen MR) is 37.0 cm³/mol. The molecule has 2 nitrogen and oxygen atoms in total. The van der Waals surface area contributed by atoms with Crippen LogP contribution in [-0.2, 0) is 9.47 Å². The fraction of sp³-hybridized carbons (Fsp3) is 0.714. The van der Waals surface area contributed by atoms with Gasteiger partial charge in [0.2, 0.25) is 5.79 Å². The third-order valence-electron chi connectivity index (χ3n) is 0.980. The standard InChI is InChI=1S/C7H14O2/c1-5-6-9-7(2,3)8-4/h5-6H,1-4H3/b6-5+. The zero-order valence-corrected chi connectivity index (χ0v) is 6.47. The van der Waals surface area contributed by atoms with Crippen LogP contribution in [0.15, 0.2) is 12.3 Å². The van der Waals surface area contributed by atoms with Crippen molar-refractivity contribution in [2.24, 2.45) is 0 Å². The number of hydrogen-bond acceptors (Lipinski definition) is 2. The van der Waals surface area contributed by atoms with E-state index in [1.807, 2.05) is 26.8 Å². The minimum atomic E-state index is -0.494. The van der Waals surface area contributed by atoms with Crippen molar-refractivity contribution >= 4 is 0 Å². The van der Waals surface area contributed by atoms with Gasteiger partial charge in [0.05, 0.1) is 6.26 Å². The van der Waals surface area contributed by atoms with Crippen LogP contribution in [0.5, 0.6) is 0 Å². The van der Waals surface area contributed by atoms with E-state index in [4.69, 9.17) is 9.47 Å². The van der Waals surface area contributed by atoms with Gasteiger partial charge in [-0.25, -0.2) is 0 Å². The van der Waals surface area contributed by atoms with Crippen LogP contribution in [0.1, 0.15) is 20.8 Å². The van der Waals surface area contributed by atoms with Crippen molar-refractivity contribution < 1.29 is 9.47 Å². The van der Waals surface area contributed by atoms with E-state index >= 15 is 0 Å². The first-order chi connectivity index (χ1) is 4.12. The summed E-state index contributed by atoms with van der Waals surface area (Å²) in [6.07, 6.45) is 3.43. The van der Waals surface area contributed by atoms with E-state index in [1.54, 1.807) is 13.4 Å². The van der Waals surface area contributed by atoms with Gasteiger partial charge >= 0.3 is 0 Å². The van der Waals surface area contributed by atoms with Crippen molar-refractivity contribution in [1.29, 1.82) is 0 Å². The predicted octanol–water partition coefficient (Wildman–Crippen LogP) is 1.92. The molecule has 9 heavy (non-hydrogen) atoms. The van der Waals surface area contributed by atoms with Crippen LogP contribution in [0.3, 0.4) is 0 Å². The molecule has 0 amide bonds. The molecule has 0 aromatic rings. The van der Waals surface area contributed by atoms with Crippen LogP contribution in [-0.4, -0.2) is 12.9 Å². The molecule has 0 saturated heterocycles. The Balaban J connectivity index is 3.58. The Morgan fingerprint density at radius 3 is 2.22 bits per heavy atom. The Hall–Kier alpha value is -0.500. The normalized spacial score (nSPS) is 12.4. The molecule has 0 saturated carbocycles. The van der Waals surface area contributed by atoms with Crippen molar-refractivity contribution in [3.63, 3.8) is 0 Å². The summed E-state index contributed by atoms with van der Waals surface area (Å²) >= 11 is 0. The Kier molecular flexibility index (Phi) is 3.32. The maximum Gasteiger partial charge on any atom is 0.203 e. The van der Waals surface area contributed by atoms with Gasteiger partial charge in [-0.05, 0) is 6.92 Å². The molecule has 0 rings (SSSR count). The molecule has 0 N–H and O–H groups in total. The average molecular weight is 130 g/mol. The molecule has 54 valence electrons. The van der Waals surface area contributed by atoms with Gasteiger partial charge in [-0.1, -0.05) is 6.08 Å². The van der Waals surface area contributed by atoms with Crippen LogP contribution in [0.2, 0.25) is 0 Å². The summed E-state index contributed by atoms with van der Waals surface area (Å²) in [5.41, 5.74) is 0. The highest BCUT2D eigenvalue weighted by molar-refractivity contribution is 4.68. The van der Waals surface area contributed by atoms with Gasteiger partial charge in [-0.2, -0.15) is 0 Å². The Bertz CT molecular complexity index is 95.1. The fourth-order valence-electron chi connectivity index (χ4n) is 0.280. The van der Waals surface area contributed by atoms with E-state index in [-0.39, 0.29) is 0 Å². The van der Waals surface area contributed by atoms with Gasteiger partial charge in [0.25, 0.3) is 0 Å². The zero-order valence-electron chi connectivity index (χ0n) is 6.47. The van der Waals surface area contributed by atoms with Gasteiger partial charge in [-0.3, -0.25) is 0 Å². The molecule has 0 aliphatic rings. The van der Waals surface area contributed by atoms with Crippen molar-refractivity contribution in [3.05, 3.63) is 12.3 Å². The summed E-state index contributed by atoms with van der Waals surface area (Å²) < 4.78 is 10.1. The van der Waals surface area contributed by atoms with E-state index < -0.39 is 5.79 Å². The number of allylic oxidation sites excluding steroid dienone is 1. The second-order valence-corrected chi connectivity index (χ2v) is 2.19. The topological polar surface area (TPSA) is 18.5 Å². The lowest BCUT2D eigenvalue weighted by Gasteiger charge is -2.21. The Morgan fingerprint density at radius 2 is 1.89 bits per heavy atom. The third kappa shape index (κ3) is 4.03. The monoisotopic (exact) mass is 130 g/mol. The molecule has 0 fully saturated rings. The van der Waals surface area contributed by atoms with Crippen molar-refractivity contribution in [1.82, 2.24) is 0 Å². The van der Waals surface area contributed by atoms with E-state index in [0.29, 0.717) is 0 Å². The zero-order chi connectivity index (χ0) is 7.33. The number of hydrogen-bond donors (Lipinski definition) is 0. The van der Waals surface area contributed by atoms with Crippen LogP contribution < -0.4 is 0 Å². The lowest BCUT2D eigenvalue weighted by Crippen LogP contribution is -2.23. The molecule has 0 aliphatic heterocycles. The minimum absolute atomic E-state index is 0.494. The summed E-state index contributed by atoms with van der Waals surface area (Å²) in [7, 11) is 1.61. The molecule has 0 aliphatic carbocycles. The fourth-order valence-corrected chi connectivity index (χ4v) is 0.280. The molecule has 0 aromatic heterocycles. The summed E-state index contributed by atoms with van der Waals surface area (Å²) in [6, 6.07) is 0. The molecule has 0 atom stereocenters. The highest BCUT2D eigenvalue weighted by Crippen LogP contribution is 2.08. The lowest BCUT2D eigenvalue weighted by molar-refractivity contribution is -0.161. The quantitative estimate of drug-likeness (QED) is 0.429. The number of ether oxygens (including phenoxy) is 2. The number of rotatable bonds is 3. The summed E-state index contributed by atoms with van der Waals surface area (Å²) in [4.78, 5) is 0. The first-order valence-corrected chi connectivity index (χ1v) is 2.96. The van der Waals surface area contributed by atoms with Gasteiger partial charge in [0.15, 0.2) is 0 Å². The first kappa shape index (κ1) is 8.50. The molecular weight excluding hydrogens is 116 g/mol. The van der Waals surface area contributed by atoms with Gasteiger partial charge < -0.3 is 9.47 Å². The van der Waals surface area contributed by atoms with Gasteiger partial charge in [-0.15, -0.1) is 0 Å². The van der Waals surface area contributed by atoms with Crippen molar-refractivity contribution in [2.75, 3.05) is 7.11 Å². The average Bonchev–Trinajstić information content (AvgIpc) is 1.84. The van der Waals surface area contributed by atoms with Crippen LogP contribution in [0.25, 0.3) is 0 Å². The second-order valence-electron chi connectivity index (χ2n) is 2.19. The Labute approximate surface area is 56.5 Å². The molecule has 0 heterocycles. The maximum atomic E-state index is 5.12. The van der Waals surface area contributed by atoms with Gasteiger partial charge in [0.1, 0.15) is 0 Å². The largest absolute Gasteiger partial charge is 0.471 e. The smallest absolute Gasteiger partial charge is 0.203 e. The van der Waals surface area contributed by atoms with E-state index in [0.717, 1.165) is 0 Å². The molecular formula is C7H14O2. The molecule has 2 heteroatoms. The maximum absolute atomic E-state index is 5.12. The second kappa shape index (κ2) is 3.51. The first-order valence-electron chi connectivity index (χ1n) is 2.96. The third-order valence-corrected chi connectivity index (χ3v) is 0.980. The van der Waals surface area contributed by atoms with Crippen LogP contribution in [0, 0.1) is 0 Å². The molecule has 0 bridgehead atoms. The lowest BCUT2D eigenvalue weighted by atomic mass is 10.4. The van der Waals surface area contributed by atoms with E-state index in [9.17, 15) is 0 Å². The number of methoxy groups -OCH3 is 1. The summed E-state index contributed by atoms with van der Waals surface area (Å²) in [6.45, 7) is 5.60. The molecule has 0 spiro atoms. The molecule has 0 radical (unpaired) electrons. The molecule has 0 unspecified atom stereocenters. The van der Waals surface area contributed by atoms with E-state index in [2.05, 4.69) is 0 Å². The van der Waals surface area contributed by atoms with Crippen molar-refractivity contribution in [3.8, 4) is 0 Å².